The van der Waals surface area contributed by atoms with E-state index in [9.17, 15) is 0 Å². The highest BCUT2D eigenvalue weighted by atomic mass is 16.6. The van der Waals surface area contributed by atoms with Crippen molar-refractivity contribution in [1.82, 2.24) is 0 Å². The molecule has 31 heavy (non-hydrogen) atoms. The van der Waals surface area contributed by atoms with Crippen LogP contribution < -0.4 is 4.74 Å². The Hall–Kier alpha value is -1.52. The molecule has 0 radical (unpaired) electrons. The molecule has 0 aliphatic carbocycles. The smallest absolute Gasteiger partial charge is 0.119 e. The van der Waals surface area contributed by atoms with Crippen molar-refractivity contribution >= 4 is 6.08 Å². The van der Waals surface area contributed by atoms with Gasteiger partial charge in [-0.1, -0.05) is 24.8 Å². The molecule has 0 spiro atoms. The number of benzene rings is 1. The van der Waals surface area contributed by atoms with Gasteiger partial charge in [0.05, 0.1) is 85.9 Å². The van der Waals surface area contributed by atoms with Gasteiger partial charge in [-0.25, -0.2) is 0 Å². The highest BCUT2D eigenvalue weighted by Gasteiger charge is 1.96. The number of methoxy groups -OCH3 is 1. The monoisotopic (exact) mass is 442 g/mol. The molecule has 0 N–H and O–H groups in total. The van der Waals surface area contributed by atoms with Crippen LogP contribution in [0.5, 0.6) is 5.75 Å². The van der Waals surface area contributed by atoms with Crippen molar-refractivity contribution in [1.29, 1.82) is 0 Å². The van der Waals surface area contributed by atoms with E-state index in [1.807, 2.05) is 24.3 Å². The van der Waals surface area contributed by atoms with E-state index in [4.69, 9.17) is 37.9 Å². The van der Waals surface area contributed by atoms with Gasteiger partial charge in [0.25, 0.3) is 0 Å². The van der Waals surface area contributed by atoms with E-state index in [1.54, 1.807) is 13.2 Å². The quantitative estimate of drug-likeness (QED) is 0.239. The number of rotatable bonds is 23. The molecule has 0 unspecified atom stereocenters. The molecule has 0 aliphatic heterocycles. The summed E-state index contributed by atoms with van der Waals surface area (Å²) in [5.41, 5.74) is 1.07. The van der Waals surface area contributed by atoms with E-state index in [2.05, 4.69) is 6.58 Å². The van der Waals surface area contributed by atoms with E-state index in [-0.39, 0.29) is 0 Å². The minimum Gasteiger partial charge on any atom is -0.491 e. The maximum absolute atomic E-state index is 5.59. The molecule has 0 saturated heterocycles. The van der Waals surface area contributed by atoms with E-state index in [0.717, 1.165) is 11.3 Å². The van der Waals surface area contributed by atoms with E-state index in [1.165, 1.54) is 0 Å². The van der Waals surface area contributed by atoms with Crippen LogP contribution in [0.3, 0.4) is 0 Å². The van der Waals surface area contributed by atoms with Crippen LogP contribution in [0.25, 0.3) is 6.08 Å². The molecule has 0 fully saturated rings. The zero-order valence-corrected chi connectivity index (χ0v) is 18.8. The summed E-state index contributed by atoms with van der Waals surface area (Å²) >= 11 is 0. The van der Waals surface area contributed by atoms with Crippen molar-refractivity contribution in [3.8, 4) is 5.75 Å². The van der Waals surface area contributed by atoms with Crippen molar-refractivity contribution in [2.75, 3.05) is 99.6 Å². The summed E-state index contributed by atoms with van der Waals surface area (Å²) < 4.78 is 42.9. The van der Waals surface area contributed by atoms with Gasteiger partial charge in [-0.15, -0.1) is 0 Å². The van der Waals surface area contributed by atoms with Crippen LogP contribution in [0.1, 0.15) is 5.56 Å². The number of hydrogen-bond acceptors (Lipinski definition) is 8. The first-order valence-corrected chi connectivity index (χ1v) is 10.7. The molecule has 178 valence electrons. The van der Waals surface area contributed by atoms with Gasteiger partial charge in [-0.2, -0.15) is 0 Å². The van der Waals surface area contributed by atoms with Crippen LogP contribution >= 0.6 is 0 Å². The Bertz CT molecular complexity index is 509. The lowest BCUT2D eigenvalue weighted by Gasteiger charge is -2.09. The lowest BCUT2D eigenvalue weighted by Crippen LogP contribution is -2.15. The minimum absolute atomic E-state index is 0.504. The first-order chi connectivity index (χ1) is 15.4. The lowest BCUT2D eigenvalue weighted by atomic mass is 10.2. The van der Waals surface area contributed by atoms with Gasteiger partial charge in [0.2, 0.25) is 0 Å². The molecule has 1 rings (SSSR count). The van der Waals surface area contributed by atoms with Crippen LogP contribution in [0, 0.1) is 0 Å². The topological polar surface area (TPSA) is 73.8 Å². The SMILES string of the molecule is C=Cc1ccc(OCCOCCOCCOCCOCCOCCOCCOC)cc1. The van der Waals surface area contributed by atoms with Crippen LogP contribution in [0.2, 0.25) is 0 Å². The molecule has 8 heteroatoms. The Morgan fingerprint density at radius 3 is 1.26 bits per heavy atom. The van der Waals surface area contributed by atoms with Crippen molar-refractivity contribution in [2.45, 2.75) is 0 Å². The third-order valence-corrected chi connectivity index (χ3v) is 3.90. The number of ether oxygens (including phenoxy) is 8. The maximum Gasteiger partial charge on any atom is 0.119 e. The van der Waals surface area contributed by atoms with Crippen molar-refractivity contribution < 1.29 is 37.9 Å². The molecule has 0 aliphatic rings. The molecular weight excluding hydrogens is 404 g/mol. The fourth-order valence-corrected chi connectivity index (χ4v) is 2.26. The zero-order chi connectivity index (χ0) is 22.2. The highest BCUT2D eigenvalue weighted by molar-refractivity contribution is 5.48. The first kappa shape index (κ1) is 27.5. The largest absolute Gasteiger partial charge is 0.491 e. The fraction of sp³-hybridized carbons (Fsp3) is 0.652. The van der Waals surface area contributed by atoms with E-state index >= 15 is 0 Å². The van der Waals surface area contributed by atoms with Gasteiger partial charge in [-0.05, 0) is 17.7 Å². The summed E-state index contributed by atoms with van der Waals surface area (Å²) in [6.07, 6.45) is 1.80. The Labute approximate surface area is 186 Å². The summed E-state index contributed by atoms with van der Waals surface area (Å²) in [6, 6.07) is 7.76. The second-order valence-corrected chi connectivity index (χ2v) is 6.29. The van der Waals surface area contributed by atoms with Crippen LogP contribution in [0.15, 0.2) is 30.8 Å². The zero-order valence-electron chi connectivity index (χ0n) is 18.8. The Morgan fingerprint density at radius 2 is 0.903 bits per heavy atom. The average molecular weight is 443 g/mol. The molecule has 1 aromatic rings. The van der Waals surface area contributed by atoms with Crippen molar-refractivity contribution in [3.05, 3.63) is 36.4 Å². The molecular formula is C23H38O8. The van der Waals surface area contributed by atoms with Crippen LogP contribution in [0.4, 0.5) is 0 Å². The van der Waals surface area contributed by atoms with Crippen LogP contribution in [-0.4, -0.2) is 99.6 Å². The summed E-state index contributed by atoms with van der Waals surface area (Å²) in [7, 11) is 1.65. The molecule has 8 nitrogen and oxygen atoms in total. The molecule has 0 aromatic heterocycles. The highest BCUT2D eigenvalue weighted by Crippen LogP contribution is 2.12. The number of hydrogen-bond donors (Lipinski definition) is 0. The fourth-order valence-electron chi connectivity index (χ4n) is 2.26. The molecule has 1 aromatic carbocycles. The predicted molar refractivity (Wildman–Crippen MR) is 119 cm³/mol. The lowest BCUT2D eigenvalue weighted by molar-refractivity contribution is -0.0199. The summed E-state index contributed by atoms with van der Waals surface area (Å²) in [5, 5.41) is 0. The van der Waals surface area contributed by atoms with Crippen molar-refractivity contribution in [3.63, 3.8) is 0 Å². The van der Waals surface area contributed by atoms with Crippen LogP contribution in [-0.2, 0) is 33.2 Å². The summed E-state index contributed by atoms with van der Waals surface area (Å²) in [4.78, 5) is 0. The van der Waals surface area contributed by atoms with Gasteiger partial charge in [-0.3, -0.25) is 0 Å². The summed E-state index contributed by atoms with van der Waals surface area (Å²) in [6.45, 7) is 11.3. The second kappa shape index (κ2) is 21.7. The molecule has 0 bridgehead atoms. The van der Waals surface area contributed by atoms with Gasteiger partial charge < -0.3 is 37.9 Å². The molecule has 0 atom stereocenters. The average Bonchev–Trinajstić information content (AvgIpc) is 2.80. The third-order valence-electron chi connectivity index (χ3n) is 3.90. The van der Waals surface area contributed by atoms with Gasteiger partial charge in [0.1, 0.15) is 12.4 Å². The standard InChI is InChI=1S/C23H38O8/c1-3-22-4-6-23(7-5-22)31-21-20-30-19-18-29-17-16-28-15-14-27-13-12-26-11-10-25-9-8-24-2/h3-7H,1,8-21H2,2H3. The van der Waals surface area contributed by atoms with Gasteiger partial charge >= 0.3 is 0 Å². The van der Waals surface area contributed by atoms with E-state index < -0.39 is 0 Å². The Kier molecular flexibility index (Phi) is 19.3. The van der Waals surface area contributed by atoms with E-state index in [0.29, 0.717) is 92.5 Å². The molecule has 0 saturated carbocycles. The third kappa shape index (κ3) is 17.8. The molecule has 0 amide bonds. The molecule has 0 heterocycles. The minimum atomic E-state index is 0.504. The van der Waals surface area contributed by atoms with Gasteiger partial charge in [0.15, 0.2) is 0 Å². The van der Waals surface area contributed by atoms with Gasteiger partial charge in [0, 0.05) is 7.11 Å². The van der Waals surface area contributed by atoms with Crippen molar-refractivity contribution in [2.24, 2.45) is 0 Å². The Morgan fingerprint density at radius 1 is 0.548 bits per heavy atom. The summed E-state index contributed by atoms with van der Waals surface area (Å²) in [5.74, 6) is 0.822. The Balaban J connectivity index is 1.71. The maximum atomic E-state index is 5.59. The predicted octanol–water partition coefficient (Wildman–Crippen LogP) is 2.45. The normalized spacial score (nSPS) is 11.0. The first-order valence-electron chi connectivity index (χ1n) is 10.7. The second-order valence-electron chi connectivity index (χ2n) is 6.29.